The molecule has 2 aliphatic rings. The van der Waals surface area contributed by atoms with E-state index in [1.54, 1.807) is 0 Å². The largest absolute Gasteiger partial charge is 0.310 e. The topological polar surface area (TPSA) is 29.1 Å². The number of hydrogen-bond donors (Lipinski definition) is 1. The molecule has 0 aliphatic carbocycles. The number of terminal acetylenes is 1. The number of carbonyl (C=O) groups is 1. The Kier molecular flexibility index (Phi) is 1.47. The predicted octanol–water partition coefficient (Wildman–Crippen LogP) is 0.329. The third-order valence-corrected chi connectivity index (χ3v) is 2.78. The highest BCUT2D eigenvalue weighted by Crippen LogP contribution is 2.33. The third-order valence-electron chi connectivity index (χ3n) is 2.78. The molecule has 0 radical (unpaired) electrons. The fourth-order valence-corrected chi connectivity index (χ4v) is 2.22. The van der Waals surface area contributed by atoms with Gasteiger partial charge in [0, 0.05) is 18.0 Å². The Morgan fingerprint density at radius 2 is 2.36 bits per heavy atom. The molecule has 2 heteroatoms. The van der Waals surface area contributed by atoms with Gasteiger partial charge in [-0.25, -0.2) is 0 Å². The van der Waals surface area contributed by atoms with Crippen molar-refractivity contribution in [2.24, 2.45) is 5.92 Å². The minimum absolute atomic E-state index is 0.00954. The van der Waals surface area contributed by atoms with Gasteiger partial charge in [-0.1, -0.05) is 0 Å². The minimum atomic E-state index is -0.00954. The summed E-state index contributed by atoms with van der Waals surface area (Å²) >= 11 is 0. The van der Waals surface area contributed by atoms with Crippen LogP contribution < -0.4 is 5.32 Å². The number of carbonyl (C=O) groups excluding carboxylic acids is 1. The number of rotatable bonds is 1. The fraction of sp³-hybridized carbons (Fsp3) is 0.667. The first kappa shape index (κ1) is 6.87. The zero-order valence-electron chi connectivity index (χ0n) is 6.34. The van der Waals surface area contributed by atoms with Crippen LogP contribution in [-0.4, -0.2) is 17.9 Å². The van der Waals surface area contributed by atoms with Gasteiger partial charge in [-0.2, -0.15) is 0 Å². The first-order valence-corrected chi connectivity index (χ1v) is 4.08. The molecule has 0 aromatic heterocycles. The number of nitrogens with one attached hydrogen (secondary N) is 1. The van der Waals surface area contributed by atoms with E-state index in [9.17, 15) is 4.79 Å². The summed E-state index contributed by atoms with van der Waals surface area (Å²) in [6.45, 7) is 0. The Hall–Kier alpha value is -0.810. The average Bonchev–Trinajstić information content (AvgIpc) is 2.62. The zero-order chi connectivity index (χ0) is 7.84. The summed E-state index contributed by atoms with van der Waals surface area (Å²) in [5.74, 6) is 2.33. The van der Waals surface area contributed by atoms with Crippen molar-refractivity contribution >= 4 is 5.78 Å². The fourth-order valence-electron chi connectivity index (χ4n) is 2.22. The molecule has 2 fully saturated rings. The Bertz CT molecular complexity index is 228. The van der Waals surface area contributed by atoms with Gasteiger partial charge < -0.3 is 5.32 Å². The smallest absolute Gasteiger partial charge is 0.209 e. The van der Waals surface area contributed by atoms with Crippen molar-refractivity contribution in [3.05, 3.63) is 0 Å². The van der Waals surface area contributed by atoms with Gasteiger partial charge in [0.25, 0.3) is 0 Å². The van der Waals surface area contributed by atoms with Crippen LogP contribution >= 0.6 is 0 Å². The van der Waals surface area contributed by atoms with Crippen molar-refractivity contribution in [2.45, 2.75) is 31.3 Å². The van der Waals surface area contributed by atoms with E-state index >= 15 is 0 Å². The second-order valence-electron chi connectivity index (χ2n) is 3.40. The molecule has 0 spiro atoms. The van der Waals surface area contributed by atoms with Crippen molar-refractivity contribution < 1.29 is 4.79 Å². The van der Waals surface area contributed by atoms with Crippen molar-refractivity contribution in [3.8, 4) is 12.3 Å². The van der Waals surface area contributed by atoms with Crippen molar-refractivity contribution in [1.29, 1.82) is 0 Å². The molecule has 2 aliphatic heterocycles. The highest BCUT2D eigenvalue weighted by molar-refractivity contribution is 5.97. The lowest BCUT2D eigenvalue weighted by Crippen LogP contribution is -2.27. The van der Waals surface area contributed by atoms with Gasteiger partial charge in [0.1, 0.15) is 0 Å². The van der Waals surface area contributed by atoms with Crippen LogP contribution in [0.4, 0.5) is 0 Å². The summed E-state index contributed by atoms with van der Waals surface area (Å²) in [5.41, 5.74) is 0. The number of fused-ring (bicyclic) bond motifs is 2. The van der Waals surface area contributed by atoms with Crippen molar-refractivity contribution in [3.63, 3.8) is 0 Å². The first-order valence-electron chi connectivity index (χ1n) is 4.08. The van der Waals surface area contributed by atoms with E-state index < -0.39 is 0 Å². The molecule has 1 N–H and O–H groups in total. The molecule has 3 unspecified atom stereocenters. The minimum Gasteiger partial charge on any atom is -0.310 e. The summed E-state index contributed by atoms with van der Waals surface area (Å²) < 4.78 is 0. The molecule has 2 rings (SSSR count). The van der Waals surface area contributed by atoms with Gasteiger partial charge in [-0.3, -0.25) is 4.79 Å². The molecule has 0 amide bonds. The van der Waals surface area contributed by atoms with E-state index in [4.69, 9.17) is 6.42 Å². The van der Waals surface area contributed by atoms with Crippen LogP contribution in [-0.2, 0) is 4.79 Å². The summed E-state index contributed by atoms with van der Waals surface area (Å²) in [7, 11) is 0. The highest BCUT2D eigenvalue weighted by atomic mass is 16.1. The normalized spacial score (nSPS) is 40.5. The van der Waals surface area contributed by atoms with E-state index in [0.717, 1.165) is 12.8 Å². The predicted molar refractivity (Wildman–Crippen MR) is 41.9 cm³/mol. The Morgan fingerprint density at radius 3 is 2.82 bits per heavy atom. The van der Waals surface area contributed by atoms with Crippen LogP contribution in [0.2, 0.25) is 0 Å². The van der Waals surface area contributed by atoms with E-state index in [1.165, 1.54) is 6.42 Å². The van der Waals surface area contributed by atoms with E-state index in [2.05, 4.69) is 11.2 Å². The maximum atomic E-state index is 11.1. The van der Waals surface area contributed by atoms with Gasteiger partial charge in [0.2, 0.25) is 5.78 Å². The lowest BCUT2D eigenvalue weighted by Gasteiger charge is -2.15. The van der Waals surface area contributed by atoms with Gasteiger partial charge in [-0.05, 0) is 25.2 Å². The summed E-state index contributed by atoms with van der Waals surface area (Å²) in [6, 6.07) is 0.964. The number of hydrogen-bond acceptors (Lipinski definition) is 2. The standard InChI is InChI=1S/C9H11NO/c1-2-9(11)7-5-6-3-4-8(7)10-6/h1,6-8,10H,3-5H2. The van der Waals surface area contributed by atoms with Crippen LogP contribution in [0.1, 0.15) is 19.3 Å². The Morgan fingerprint density at radius 1 is 1.55 bits per heavy atom. The lowest BCUT2D eigenvalue weighted by molar-refractivity contribution is -0.117. The second-order valence-corrected chi connectivity index (χ2v) is 3.40. The molecule has 58 valence electrons. The number of Topliss-reactive ketones (excluding diaryl/α,β-unsaturated/α-hetero) is 1. The molecule has 0 aromatic carbocycles. The van der Waals surface area contributed by atoms with E-state index in [0.29, 0.717) is 12.1 Å². The summed E-state index contributed by atoms with van der Waals surface area (Å²) in [4.78, 5) is 11.1. The maximum absolute atomic E-state index is 11.1. The summed E-state index contributed by atoms with van der Waals surface area (Å²) in [5, 5.41) is 3.38. The third kappa shape index (κ3) is 0.965. The zero-order valence-corrected chi connectivity index (χ0v) is 6.34. The van der Waals surface area contributed by atoms with E-state index in [1.807, 2.05) is 0 Å². The van der Waals surface area contributed by atoms with Crippen LogP contribution in [0.3, 0.4) is 0 Å². The van der Waals surface area contributed by atoms with Crippen LogP contribution in [0.5, 0.6) is 0 Å². The van der Waals surface area contributed by atoms with Gasteiger partial charge in [-0.15, -0.1) is 6.42 Å². The molecule has 2 bridgehead atoms. The van der Waals surface area contributed by atoms with Crippen LogP contribution in [0.25, 0.3) is 0 Å². The van der Waals surface area contributed by atoms with E-state index in [-0.39, 0.29) is 11.7 Å². The maximum Gasteiger partial charge on any atom is 0.209 e. The van der Waals surface area contributed by atoms with Crippen molar-refractivity contribution in [1.82, 2.24) is 5.32 Å². The first-order chi connectivity index (χ1) is 5.31. The lowest BCUT2D eigenvalue weighted by atomic mass is 9.86. The van der Waals surface area contributed by atoms with Crippen molar-refractivity contribution in [2.75, 3.05) is 0 Å². The number of ketones is 1. The van der Waals surface area contributed by atoms with Gasteiger partial charge in [0.15, 0.2) is 0 Å². The quantitative estimate of drug-likeness (QED) is 0.430. The molecule has 2 nitrogen and oxygen atoms in total. The molecule has 2 saturated heterocycles. The molecule has 11 heavy (non-hydrogen) atoms. The Balaban J connectivity index is 2.09. The highest BCUT2D eigenvalue weighted by Gasteiger charge is 2.41. The average molecular weight is 149 g/mol. The van der Waals surface area contributed by atoms with Gasteiger partial charge >= 0.3 is 0 Å². The monoisotopic (exact) mass is 149 g/mol. The Labute approximate surface area is 66.4 Å². The molecule has 2 heterocycles. The molecule has 3 atom stereocenters. The SMILES string of the molecule is C#CC(=O)C1CC2CCC1N2. The summed E-state index contributed by atoms with van der Waals surface area (Å²) in [6.07, 6.45) is 8.37. The molecular formula is C9H11NO. The molecule has 0 saturated carbocycles. The second kappa shape index (κ2) is 2.35. The van der Waals surface area contributed by atoms with Crippen LogP contribution in [0, 0.1) is 18.3 Å². The molecule has 0 aromatic rings. The molecular weight excluding hydrogens is 138 g/mol. The van der Waals surface area contributed by atoms with Gasteiger partial charge in [0.05, 0.1) is 0 Å². The van der Waals surface area contributed by atoms with Crippen LogP contribution in [0.15, 0.2) is 0 Å².